The first-order valence-corrected chi connectivity index (χ1v) is 11.8. The monoisotopic (exact) mass is 458 g/mol. The summed E-state index contributed by atoms with van der Waals surface area (Å²) in [4.78, 5) is 12.6. The molecule has 3 aromatic rings. The van der Waals surface area contributed by atoms with Crippen molar-refractivity contribution in [3.05, 3.63) is 93.7 Å². The summed E-state index contributed by atoms with van der Waals surface area (Å²) in [6, 6.07) is 13.9. The Morgan fingerprint density at radius 3 is 2.29 bits per heavy atom. The highest BCUT2D eigenvalue weighted by molar-refractivity contribution is 5.86. The number of aromatic hydroxyl groups is 1. The van der Waals surface area contributed by atoms with Gasteiger partial charge >= 0.3 is 0 Å². The van der Waals surface area contributed by atoms with E-state index in [2.05, 4.69) is 39.8 Å². The second-order valence-corrected chi connectivity index (χ2v) is 8.93. The zero-order chi connectivity index (χ0) is 24.5. The van der Waals surface area contributed by atoms with Gasteiger partial charge in [0.1, 0.15) is 34.8 Å². The fraction of sp³-hybridized carbons (Fsp3) is 0.300. The lowest BCUT2D eigenvalue weighted by molar-refractivity contribution is 0.358. The number of fused-ring (bicyclic) bond motifs is 1. The molecule has 0 bridgehead atoms. The molecule has 0 saturated heterocycles. The average molecular weight is 459 g/mol. The molecule has 2 aromatic carbocycles. The Bertz CT molecular complexity index is 1260. The minimum atomic E-state index is -0.288. The molecule has 0 spiro atoms. The van der Waals surface area contributed by atoms with E-state index < -0.39 is 0 Å². The fourth-order valence-corrected chi connectivity index (χ4v) is 3.69. The van der Waals surface area contributed by atoms with E-state index >= 15 is 0 Å². The Morgan fingerprint density at radius 2 is 1.59 bits per heavy atom. The van der Waals surface area contributed by atoms with Crippen molar-refractivity contribution in [3.8, 4) is 22.8 Å². The third kappa shape index (κ3) is 7.24. The molecule has 34 heavy (non-hydrogen) atoms. The van der Waals surface area contributed by atoms with Crippen LogP contribution in [0.1, 0.15) is 53.4 Å². The summed E-state index contributed by atoms with van der Waals surface area (Å²) in [5.41, 5.74) is 4.85. The first-order chi connectivity index (χ1) is 16.3. The van der Waals surface area contributed by atoms with Crippen LogP contribution in [0, 0.1) is 0 Å². The quantitative estimate of drug-likeness (QED) is 0.313. The molecule has 0 saturated carbocycles. The van der Waals surface area contributed by atoms with Gasteiger partial charge in [-0.25, -0.2) is 0 Å². The highest BCUT2D eigenvalue weighted by atomic mass is 16.5. The lowest BCUT2D eigenvalue weighted by Crippen LogP contribution is -2.02. The zero-order valence-corrected chi connectivity index (χ0v) is 20.6. The van der Waals surface area contributed by atoms with Crippen molar-refractivity contribution in [1.29, 1.82) is 0 Å². The molecular formula is C30H34O4. The van der Waals surface area contributed by atoms with Gasteiger partial charge in [0, 0.05) is 23.8 Å². The van der Waals surface area contributed by atoms with E-state index in [9.17, 15) is 9.90 Å². The van der Waals surface area contributed by atoms with Gasteiger partial charge in [-0.15, -0.1) is 0 Å². The van der Waals surface area contributed by atoms with Crippen molar-refractivity contribution in [1.82, 2.24) is 0 Å². The maximum atomic E-state index is 12.6. The Labute approximate surface area is 201 Å². The van der Waals surface area contributed by atoms with Crippen molar-refractivity contribution in [3.63, 3.8) is 0 Å². The lowest BCUT2D eigenvalue weighted by atomic mass is 10.1. The van der Waals surface area contributed by atoms with Gasteiger partial charge in [0.05, 0.1) is 0 Å². The normalized spacial score (nSPS) is 12.1. The maximum Gasteiger partial charge on any atom is 0.197 e. The Morgan fingerprint density at radius 1 is 0.912 bits per heavy atom. The summed E-state index contributed by atoms with van der Waals surface area (Å²) in [6.45, 7) is 8.93. The van der Waals surface area contributed by atoms with Crippen LogP contribution in [0.2, 0.25) is 0 Å². The van der Waals surface area contributed by atoms with Crippen LogP contribution in [-0.2, 0) is 0 Å². The summed E-state index contributed by atoms with van der Waals surface area (Å²) in [6.07, 6.45) is 10.8. The second kappa shape index (κ2) is 12.1. The highest BCUT2D eigenvalue weighted by Gasteiger charge is 2.12. The van der Waals surface area contributed by atoms with Gasteiger partial charge < -0.3 is 14.3 Å². The largest absolute Gasteiger partial charge is 0.507 e. The van der Waals surface area contributed by atoms with Crippen LogP contribution in [0.15, 0.2) is 92.7 Å². The molecule has 0 amide bonds. The molecule has 0 unspecified atom stereocenters. The molecular weight excluding hydrogens is 424 g/mol. The summed E-state index contributed by atoms with van der Waals surface area (Å²) < 4.78 is 11.8. The van der Waals surface area contributed by atoms with Crippen LogP contribution < -0.4 is 10.2 Å². The number of hydrogen-bond acceptors (Lipinski definition) is 4. The predicted octanol–water partition coefficient (Wildman–Crippen LogP) is 7.96. The molecule has 0 fully saturated rings. The first kappa shape index (κ1) is 25.1. The fourth-order valence-electron chi connectivity index (χ4n) is 3.69. The number of phenolic OH excluding ortho intramolecular Hbond substituents is 1. The third-order valence-electron chi connectivity index (χ3n) is 5.65. The maximum absolute atomic E-state index is 12.6. The van der Waals surface area contributed by atoms with Gasteiger partial charge in [-0.1, -0.05) is 59.2 Å². The van der Waals surface area contributed by atoms with Crippen molar-refractivity contribution in [2.45, 2.75) is 53.4 Å². The second-order valence-electron chi connectivity index (χ2n) is 8.93. The van der Waals surface area contributed by atoms with E-state index in [1.54, 1.807) is 6.07 Å². The van der Waals surface area contributed by atoms with Crippen molar-refractivity contribution >= 4 is 11.0 Å². The molecule has 1 N–H and O–H groups in total. The zero-order valence-electron chi connectivity index (χ0n) is 20.6. The molecule has 178 valence electrons. The van der Waals surface area contributed by atoms with Gasteiger partial charge in [-0.2, -0.15) is 0 Å². The van der Waals surface area contributed by atoms with Crippen LogP contribution in [0.5, 0.6) is 11.5 Å². The summed E-state index contributed by atoms with van der Waals surface area (Å²) in [5.74, 6) is 0.766. The van der Waals surface area contributed by atoms with Gasteiger partial charge in [0.25, 0.3) is 0 Å². The topological polar surface area (TPSA) is 59.7 Å². The standard InChI is InChI=1S/C30H34O4/c1-21(2)10-8-11-22(3)12-9-13-23(4)16-17-33-25-18-26(31)30-27(32)20-28(34-29(30)19-25)24-14-6-5-7-15-24/h5-7,10,12,14-16,18-20,31H,8-9,11,13,17H2,1-4H3/b22-12+,23-16+. The van der Waals surface area contributed by atoms with Crippen molar-refractivity contribution < 1.29 is 14.3 Å². The molecule has 1 aromatic heterocycles. The van der Waals surface area contributed by atoms with Gasteiger partial charge in [-0.3, -0.25) is 4.79 Å². The molecule has 3 rings (SSSR count). The van der Waals surface area contributed by atoms with Crippen LogP contribution in [0.25, 0.3) is 22.3 Å². The van der Waals surface area contributed by atoms with Gasteiger partial charge in [0.15, 0.2) is 5.43 Å². The molecule has 0 radical (unpaired) electrons. The minimum absolute atomic E-state index is 0.143. The Hall–Kier alpha value is -3.53. The lowest BCUT2D eigenvalue weighted by Gasteiger charge is -2.09. The number of allylic oxidation sites excluding steroid dienone is 5. The number of benzene rings is 2. The number of ether oxygens (including phenoxy) is 1. The molecule has 1 heterocycles. The van der Waals surface area contributed by atoms with E-state index in [0.717, 1.165) is 31.2 Å². The SMILES string of the molecule is CC(C)=CCC/C(C)=C/CC/C(C)=C/COc1cc(O)c2c(=O)cc(-c3ccccc3)oc2c1. The van der Waals surface area contributed by atoms with Gasteiger partial charge in [-0.05, 0) is 59.5 Å². The number of phenols is 1. The molecule has 0 aliphatic rings. The van der Waals surface area contributed by atoms with E-state index in [4.69, 9.17) is 9.15 Å². The Kier molecular flexibility index (Phi) is 8.92. The highest BCUT2D eigenvalue weighted by Crippen LogP contribution is 2.31. The molecule has 0 atom stereocenters. The summed E-state index contributed by atoms with van der Waals surface area (Å²) in [5, 5.41) is 10.6. The van der Waals surface area contributed by atoms with E-state index in [-0.39, 0.29) is 16.6 Å². The van der Waals surface area contributed by atoms with Crippen molar-refractivity contribution in [2.75, 3.05) is 6.61 Å². The molecule has 4 nitrogen and oxygen atoms in total. The van der Waals surface area contributed by atoms with Crippen LogP contribution in [0.3, 0.4) is 0 Å². The molecule has 4 heteroatoms. The Balaban J connectivity index is 1.63. The molecule has 0 aliphatic heterocycles. The summed E-state index contributed by atoms with van der Waals surface area (Å²) in [7, 11) is 0. The predicted molar refractivity (Wildman–Crippen MR) is 140 cm³/mol. The van der Waals surface area contributed by atoms with Crippen LogP contribution >= 0.6 is 0 Å². The number of hydrogen-bond donors (Lipinski definition) is 1. The van der Waals surface area contributed by atoms with Crippen molar-refractivity contribution in [2.24, 2.45) is 0 Å². The first-order valence-electron chi connectivity index (χ1n) is 11.8. The van der Waals surface area contributed by atoms with E-state index in [0.29, 0.717) is 23.7 Å². The van der Waals surface area contributed by atoms with Gasteiger partial charge in [0.2, 0.25) is 0 Å². The molecule has 0 aliphatic carbocycles. The number of rotatable bonds is 10. The van der Waals surface area contributed by atoms with E-state index in [1.807, 2.05) is 36.4 Å². The van der Waals surface area contributed by atoms with Crippen LogP contribution in [-0.4, -0.2) is 11.7 Å². The van der Waals surface area contributed by atoms with Crippen LogP contribution in [0.4, 0.5) is 0 Å². The smallest absolute Gasteiger partial charge is 0.197 e. The minimum Gasteiger partial charge on any atom is -0.507 e. The average Bonchev–Trinajstić information content (AvgIpc) is 2.79. The summed E-state index contributed by atoms with van der Waals surface area (Å²) >= 11 is 0. The third-order valence-corrected chi connectivity index (χ3v) is 5.65. The van der Waals surface area contributed by atoms with E-state index in [1.165, 1.54) is 28.9 Å².